The zero-order valence-electron chi connectivity index (χ0n) is 13.6. The molecular weight excluding hydrogens is 364 g/mol. The quantitative estimate of drug-likeness (QED) is 0.733. The number of thioether (sulfide) groups is 1. The third-order valence-electron chi connectivity index (χ3n) is 3.68. The number of hydrogen-bond acceptors (Lipinski definition) is 7. The average Bonchev–Trinajstić information content (AvgIpc) is 3.10. The van der Waals surface area contributed by atoms with E-state index in [1.54, 1.807) is 12.1 Å². The van der Waals surface area contributed by atoms with Crippen molar-refractivity contribution in [2.45, 2.75) is 5.22 Å². The molecule has 1 aliphatic rings. The summed E-state index contributed by atoms with van der Waals surface area (Å²) in [5.74, 6) is 0.599. The van der Waals surface area contributed by atoms with Gasteiger partial charge in [0, 0.05) is 36.8 Å². The van der Waals surface area contributed by atoms with Crippen LogP contribution in [0.1, 0.15) is 0 Å². The lowest BCUT2D eigenvalue weighted by Crippen LogP contribution is -2.41. The number of aromatic nitrogens is 2. The van der Waals surface area contributed by atoms with Crippen molar-refractivity contribution >= 4 is 29.3 Å². The summed E-state index contributed by atoms with van der Waals surface area (Å²) in [4.78, 5) is 14.2. The van der Waals surface area contributed by atoms with Crippen molar-refractivity contribution in [3.8, 4) is 11.5 Å². The summed E-state index contributed by atoms with van der Waals surface area (Å²) in [5, 5.41) is 11.9. The summed E-state index contributed by atoms with van der Waals surface area (Å²) in [5.41, 5.74) is 0.790. The fourth-order valence-corrected chi connectivity index (χ4v) is 3.05. The molecule has 0 radical (unpaired) electrons. The number of carbonyl (C=O) groups excluding carboxylic acids is 1. The number of hydrogen-bond donors (Lipinski definition) is 1. The van der Waals surface area contributed by atoms with Gasteiger partial charge in [0.05, 0.1) is 19.0 Å². The first-order valence-electron chi connectivity index (χ1n) is 8.00. The Kier molecular flexibility index (Phi) is 6.69. The Morgan fingerprint density at radius 3 is 2.76 bits per heavy atom. The highest BCUT2D eigenvalue weighted by atomic mass is 35.5. The molecule has 2 aromatic rings. The topological polar surface area (TPSA) is 80.5 Å². The van der Waals surface area contributed by atoms with Crippen LogP contribution in [-0.2, 0) is 9.53 Å². The molecule has 1 saturated heterocycles. The number of halogens is 1. The highest BCUT2D eigenvalue weighted by Crippen LogP contribution is 2.24. The van der Waals surface area contributed by atoms with Crippen LogP contribution in [0.25, 0.3) is 11.5 Å². The first-order valence-corrected chi connectivity index (χ1v) is 9.36. The van der Waals surface area contributed by atoms with Crippen LogP contribution >= 0.6 is 23.4 Å². The molecule has 9 heteroatoms. The van der Waals surface area contributed by atoms with Gasteiger partial charge in [-0.05, 0) is 24.3 Å². The van der Waals surface area contributed by atoms with E-state index in [4.69, 9.17) is 20.8 Å². The maximum atomic E-state index is 11.9. The molecule has 1 aliphatic heterocycles. The number of nitrogens with one attached hydrogen (secondary N) is 1. The van der Waals surface area contributed by atoms with E-state index in [0.717, 1.165) is 38.4 Å². The van der Waals surface area contributed by atoms with E-state index in [1.165, 1.54) is 11.8 Å². The molecule has 1 aromatic carbocycles. The number of amides is 1. The lowest BCUT2D eigenvalue weighted by atomic mass is 10.2. The molecule has 0 atom stereocenters. The fraction of sp³-hybridized carbons (Fsp3) is 0.438. The van der Waals surface area contributed by atoms with Crippen molar-refractivity contribution in [2.24, 2.45) is 0 Å². The summed E-state index contributed by atoms with van der Waals surface area (Å²) in [6.45, 7) is 4.81. The molecule has 1 N–H and O–H groups in total. The molecule has 7 nitrogen and oxygen atoms in total. The van der Waals surface area contributed by atoms with Crippen LogP contribution in [0.15, 0.2) is 33.9 Å². The third-order valence-corrected chi connectivity index (χ3v) is 4.75. The molecule has 0 unspecified atom stereocenters. The molecular formula is C16H19ClN4O3S. The van der Waals surface area contributed by atoms with Gasteiger partial charge in [0.15, 0.2) is 0 Å². The fourth-order valence-electron chi connectivity index (χ4n) is 2.33. The van der Waals surface area contributed by atoms with Crippen molar-refractivity contribution in [3.05, 3.63) is 29.3 Å². The van der Waals surface area contributed by atoms with Crippen molar-refractivity contribution in [2.75, 3.05) is 45.1 Å². The molecule has 25 heavy (non-hydrogen) atoms. The van der Waals surface area contributed by atoms with Gasteiger partial charge in [0.2, 0.25) is 11.8 Å². The van der Waals surface area contributed by atoms with Gasteiger partial charge in [-0.1, -0.05) is 23.4 Å². The van der Waals surface area contributed by atoms with Gasteiger partial charge < -0.3 is 14.5 Å². The molecule has 3 rings (SSSR count). The predicted molar refractivity (Wildman–Crippen MR) is 95.7 cm³/mol. The van der Waals surface area contributed by atoms with Crippen molar-refractivity contribution < 1.29 is 13.9 Å². The number of ether oxygens (including phenoxy) is 1. The highest BCUT2D eigenvalue weighted by Gasteiger charge is 2.12. The minimum atomic E-state index is -0.0514. The molecule has 0 aliphatic carbocycles. The standard InChI is InChI=1S/C16H19ClN4O3S/c17-13-3-1-12(2-4-13)15-19-20-16(24-15)25-11-14(22)18-5-6-21-7-9-23-10-8-21/h1-4H,5-11H2,(H,18,22). The van der Waals surface area contributed by atoms with Crippen LogP contribution in [0.3, 0.4) is 0 Å². The Morgan fingerprint density at radius 1 is 1.24 bits per heavy atom. The second-order valence-electron chi connectivity index (χ2n) is 5.47. The second kappa shape index (κ2) is 9.19. The van der Waals surface area contributed by atoms with Gasteiger partial charge in [0.25, 0.3) is 5.22 Å². The number of morpholine rings is 1. The highest BCUT2D eigenvalue weighted by molar-refractivity contribution is 7.99. The van der Waals surface area contributed by atoms with E-state index in [2.05, 4.69) is 20.4 Å². The molecule has 1 amide bonds. The molecule has 0 spiro atoms. The van der Waals surface area contributed by atoms with E-state index in [0.29, 0.717) is 22.7 Å². The Morgan fingerprint density at radius 2 is 2.00 bits per heavy atom. The maximum absolute atomic E-state index is 11.9. The molecule has 0 saturated carbocycles. The first-order chi connectivity index (χ1) is 12.2. The Hall–Kier alpha value is -1.61. The summed E-state index contributed by atoms with van der Waals surface area (Å²) in [6, 6.07) is 7.14. The average molecular weight is 383 g/mol. The normalized spacial score (nSPS) is 15.2. The monoisotopic (exact) mass is 382 g/mol. The summed E-state index contributed by atoms with van der Waals surface area (Å²) in [7, 11) is 0. The Bertz CT molecular complexity index is 689. The smallest absolute Gasteiger partial charge is 0.277 e. The zero-order chi connectivity index (χ0) is 17.5. The lowest BCUT2D eigenvalue weighted by molar-refractivity contribution is -0.118. The van der Waals surface area contributed by atoms with E-state index in [-0.39, 0.29) is 11.7 Å². The number of nitrogens with zero attached hydrogens (tertiary/aromatic N) is 3. The summed E-state index contributed by atoms with van der Waals surface area (Å²) in [6.07, 6.45) is 0. The van der Waals surface area contributed by atoms with Crippen LogP contribution in [-0.4, -0.2) is 66.2 Å². The van der Waals surface area contributed by atoms with Crippen LogP contribution in [0, 0.1) is 0 Å². The zero-order valence-corrected chi connectivity index (χ0v) is 15.2. The van der Waals surface area contributed by atoms with Crippen LogP contribution in [0.2, 0.25) is 5.02 Å². The lowest BCUT2D eigenvalue weighted by Gasteiger charge is -2.26. The summed E-state index contributed by atoms with van der Waals surface area (Å²) < 4.78 is 10.8. The van der Waals surface area contributed by atoms with Gasteiger partial charge in [0.1, 0.15) is 0 Å². The van der Waals surface area contributed by atoms with Crippen molar-refractivity contribution in [1.82, 2.24) is 20.4 Å². The molecule has 1 aromatic heterocycles. The van der Waals surface area contributed by atoms with E-state index in [1.807, 2.05) is 12.1 Å². The summed E-state index contributed by atoms with van der Waals surface area (Å²) >= 11 is 7.08. The van der Waals surface area contributed by atoms with Gasteiger partial charge in [-0.2, -0.15) is 0 Å². The minimum Gasteiger partial charge on any atom is -0.411 e. The minimum absolute atomic E-state index is 0.0514. The maximum Gasteiger partial charge on any atom is 0.277 e. The predicted octanol–water partition coefficient (Wildman–Crippen LogP) is 1.93. The van der Waals surface area contributed by atoms with Crippen LogP contribution < -0.4 is 5.32 Å². The van der Waals surface area contributed by atoms with Gasteiger partial charge in [-0.3, -0.25) is 9.69 Å². The molecule has 1 fully saturated rings. The molecule has 2 heterocycles. The number of rotatable bonds is 7. The Balaban J connectivity index is 1.39. The largest absolute Gasteiger partial charge is 0.411 e. The van der Waals surface area contributed by atoms with Crippen LogP contribution in [0.4, 0.5) is 0 Å². The van der Waals surface area contributed by atoms with Gasteiger partial charge in [-0.25, -0.2) is 0 Å². The van der Waals surface area contributed by atoms with E-state index in [9.17, 15) is 4.79 Å². The number of carbonyl (C=O) groups is 1. The van der Waals surface area contributed by atoms with Crippen molar-refractivity contribution in [1.29, 1.82) is 0 Å². The van der Waals surface area contributed by atoms with Gasteiger partial charge in [-0.15, -0.1) is 10.2 Å². The Labute approximate surface area is 155 Å². The van der Waals surface area contributed by atoms with E-state index < -0.39 is 0 Å². The SMILES string of the molecule is O=C(CSc1nnc(-c2ccc(Cl)cc2)o1)NCCN1CCOCC1. The van der Waals surface area contributed by atoms with Gasteiger partial charge >= 0.3 is 0 Å². The van der Waals surface area contributed by atoms with E-state index >= 15 is 0 Å². The molecule has 134 valence electrons. The van der Waals surface area contributed by atoms with Crippen molar-refractivity contribution in [3.63, 3.8) is 0 Å². The second-order valence-corrected chi connectivity index (χ2v) is 6.84. The third kappa shape index (κ3) is 5.71. The number of benzene rings is 1. The first kappa shape index (κ1) is 18.2. The molecule has 0 bridgehead atoms. The van der Waals surface area contributed by atoms with Crippen LogP contribution in [0.5, 0.6) is 0 Å².